The van der Waals surface area contributed by atoms with Crippen LogP contribution in [0.3, 0.4) is 0 Å². The number of hydrogen-bond acceptors (Lipinski definition) is 4. The molecule has 1 aliphatic heterocycles. The summed E-state index contributed by atoms with van der Waals surface area (Å²) in [5.41, 5.74) is 7.61. The molecule has 4 nitrogen and oxygen atoms in total. The van der Waals surface area contributed by atoms with Gasteiger partial charge in [-0.15, -0.1) is 0 Å². The van der Waals surface area contributed by atoms with Gasteiger partial charge in [0.1, 0.15) is 0 Å². The van der Waals surface area contributed by atoms with Crippen LogP contribution in [0, 0.1) is 0 Å². The Balaban J connectivity index is 1.97. The molecule has 2 N–H and O–H groups in total. The van der Waals surface area contributed by atoms with Gasteiger partial charge in [-0.25, -0.2) is 0 Å². The molecule has 1 aromatic heterocycles. The highest BCUT2D eigenvalue weighted by molar-refractivity contribution is 5.10. The van der Waals surface area contributed by atoms with Gasteiger partial charge in [0.2, 0.25) is 0 Å². The van der Waals surface area contributed by atoms with Crippen molar-refractivity contribution in [2.75, 3.05) is 33.2 Å². The predicted octanol–water partition coefficient (Wildman–Crippen LogP) is 1.72. The molecule has 1 saturated heterocycles. The lowest BCUT2D eigenvalue weighted by Gasteiger charge is -2.47. The molecular weight excluding hydrogens is 248 g/mol. The van der Waals surface area contributed by atoms with Gasteiger partial charge in [0.05, 0.1) is 0 Å². The number of piperidine rings is 1. The van der Waals surface area contributed by atoms with Crippen LogP contribution >= 0.6 is 0 Å². The third-order valence-electron chi connectivity index (χ3n) is 4.69. The van der Waals surface area contributed by atoms with E-state index in [1.165, 1.54) is 44.5 Å². The molecule has 0 radical (unpaired) electrons. The van der Waals surface area contributed by atoms with Gasteiger partial charge in [-0.1, -0.05) is 6.92 Å². The van der Waals surface area contributed by atoms with Crippen LogP contribution in [0.2, 0.25) is 0 Å². The van der Waals surface area contributed by atoms with Crippen LogP contribution in [0.5, 0.6) is 0 Å². The van der Waals surface area contributed by atoms with Gasteiger partial charge >= 0.3 is 0 Å². The Hall–Kier alpha value is -0.970. The molecule has 0 unspecified atom stereocenters. The maximum Gasteiger partial charge on any atom is 0.0356 e. The molecule has 2 rings (SSSR count). The fourth-order valence-corrected chi connectivity index (χ4v) is 3.18. The summed E-state index contributed by atoms with van der Waals surface area (Å²) in [5, 5.41) is 0. The fraction of sp³-hybridized carbons (Fsp3) is 0.688. The smallest absolute Gasteiger partial charge is 0.0356 e. The van der Waals surface area contributed by atoms with Crippen molar-refractivity contribution in [3.63, 3.8) is 0 Å². The van der Waals surface area contributed by atoms with Crippen LogP contribution in [0.25, 0.3) is 0 Å². The van der Waals surface area contributed by atoms with E-state index in [9.17, 15) is 0 Å². The Bertz CT molecular complexity index is 385. The van der Waals surface area contributed by atoms with Crippen molar-refractivity contribution in [3.05, 3.63) is 30.1 Å². The van der Waals surface area contributed by atoms with E-state index in [-0.39, 0.29) is 5.54 Å². The molecule has 0 bridgehead atoms. The zero-order chi connectivity index (χ0) is 14.4. The largest absolute Gasteiger partial charge is 0.329 e. The lowest BCUT2D eigenvalue weighted by molar-refractivity contribution is 0.0401. The van der Waals surface area contributed by atoms with E-state index in [1.54, 1.807) is 0 Å². The number of pyridine rings is 1. The third-order valence-corrected chi connectivity index (χ3v) is 4.69. The van der Waals surface area contributed by atoms with Crippen molar-refractivity contribution in [2.24, 2.45) is 5.73 Å². The summed E-state index contributed by atoms with van der Waals surface area (Å²) in [6.45, 7) is 7.51. The van der Waals surface area contributed by atoms with Crippen LogP contribution in [-0.4, -0.2) is 53.5 Å². The Kier molecular flexibility index (Phi) is 5.52. The van der Waals surface area contributed by atoms with E-state index in [4.69, 9.17) is 5.73 Å². The van der Waals surface area contributed by atoms with E-state index in [0.717, 1.165) is 13.1 Å². The average Bonchev–Trinajstić information content (AvgIpc) is 2.49. The first-order chi connectivity index (χ1) is 9.70. The first-order valence-corrected chi connectivity index (χ1v) is 7.73. The van der Waals surface area contributed by atoms with Gasteiger partial charge in [0.25, 0.3) is 0 Å². The maximum atomic E-state index is 6.14. The predicted molar refractivity (Wildman–Crippen MR) is 83.5 cm³/mol. The third kappa shape index (κ3) is 3.57. The summed E-state index contributed by atoms with van der Waals surface area (Å²) in [6, 6.07) is 4.18. The van der Waals surface area contributed by atoms with Gasteiger partial charge < -0.3 is 10.6 Å². The molecular formula is C16H28N4. The normalized spacial score (nSPS) is 19.4. The monoisotopic (exact) mass is 276 g/mol. The SMILES string of the molecule is CCCN1CCC(CN)(N(C)Cc2ccncc2)CC1. The van der Waals surface area contributed by atoms with Crippen molar-refractivity contribution >= 4 is 0 Å². The zero-order valence-electron chi connectivity index (χ0n) is 12.9. The van der Waals surface area contributed by atoms with Crippen LogP contribution < -0.4 is 5.73 Å². The highest BCUT2D eigenvalue weighted by Gasteiger charge is 2.36. The van der Waals surface area contributed by atoms with E-state index in [0.29, 0.717) is 0 Å². The van der Waals surface area contributed by atoms with Crippen molar-refractivity contribution < 1.29 is 0 Å². The van der Waals surface area contributed by atoms with Crippen molar-refractivity contribution in [1.82, 2.24) is 14.8 Å². The van der Waals surface area contributed by atoms with Gasteiger partial charge in [-0.3, -0.25) is 9.88 Å². The number of rotatable bonds is 6. The fourth-order valence-electron chi connectivity index (χ4n) is 3.18. The second-order valence-electron chi connectivity index (χ2n) is 5.98. The second-order valence-corrected chi connectivity index (χ2v) is 5.98. The number of aromatic nitrogens is 1. The molecule has 0 atom stereocenters. The number of likely N-dealkylation sites (tertiary alicyclic amines) is 1. The Morgan fingerprint density at radius 2 is 1.95 bits per heavy atom. The Morgan fingerprint density at radius 3 is 2.50 bits per heavy atom. The minimum Gasteiger partial charge on any atom is -0.329 e. The minimum absolute atomic E-state index is 0.160. The number of likely N-dealkylation sites (N-methyl/N-ethyl adjacent to an activating group) is 1. The Morgan fingerprint density at radius 1 is 1.30 bits per heavy atom. The molecule has 2 heterocycles. The molecule has 1 aromatic rings. The maximum absolute atomic E-state index is 6.14. The molecule has 1 fully saturated rings. The molecule has 112 valence electrons. The zero-order valence-corrected chi connectivity index (χ0v) is 12.9. The van der Waals surface area contributed by atoms with Gasteiger partial charge in [-0.2, -0.15) is 0 Å². The lowest BCUT2D eigenvalue weighted by atomic mass is 9.85. The van der Waals surface area contributed by atoms with Crippen molar-refractivity contribution in [1.29, 1.82) is 0 Å². The van der Waals surface area contributed by atoms with Crippen molar-refractivity contribution in [3.8, 4) is 0 Å². The van der Waals surface area contributed by atoms with Gasteiger partial charge in [-0.05, 0) is 63.6 Å². The molecule has 4 heteroatoms. The number of nitrogens with zero attached hydrogens (tertiary/aromatic N) is 3. The summed E-state index contributed by atoms with van der Waals surface area (Å²) in [4.78, 5) is 9.10. The van der Waals surface area contributed by atoms with E-state index < -0.39 is 0 Å². The summed E-state index contributed by atoms with van der Waals surface area (Å²) < 4.78 is 0. The number of hydrogen-bond donors (Lipinski definition) is 1. The van der Waals surface area contributed by atoms with Crippen LogP contribution in [0.4, 0.5) is 0 Å². The first kappa shape index (κ1) is 15.4. The highest BCUT2D eigenvalue weighted by atomic mass is 15.2. The molecule has 0 aliphatic carbocycles. The van der Waals surface area contributed by atoms with Crippen LogP contribution in [-0.2, 0) is 6.54 Å². The lowest BCUT2D eigenvalue weighted by Crippen LogP contribution is -2.57. The summed E-state index contributed by atoms with van der Waals surface area (Å²) in [5.74, 6) is 0. The standard InChI is InChI=1S/C16H28N4/c1-3-10-20-11-6-16(14-17,7-12-20)19(2)13-15-4-8-18-9-5-15/h4-5,8-9H,3,6-7,10-14,17H2,1-2H3. The molecule has 1 aliphatic rings. The molecule has 0 saturated carbocycles. The molecule has 0 aromatic carbocycles. The van der Waals surface area contributed by atoms with E-state index >= 15 is 0 Å². The van der Waals surface area contributed by atoms with Crippen LogP contribution in [0.15, 0.2) is 24.5 Å². The average molecular weight is 276 g/mol. The van der Waals surface area contributed by atoms with Crippen molar-refractivity contribution in [2.45, 2.75) is 38.3 Å². The summed E-state index contributed by atoms with van der Waals surface area (Å²) in [6.07, 6.45) is 7.31. The van der Waals surface area contributed by atoms with Gasteiger partial charge in [0, 0.05) is 31.0 Å². The van der Waals surface area contributed by atoms with Gasteiger partial charge in [0.15, 0.2) is 0 Å². The summed E-state index contributed by atoms with van der Waals surface area (Å²) in [7, 11) is 2.21. The summed E-state index contributed by atoms with van der Waals surface area (Å²) >= 11 is 0. The molecule has 20 heavy (non-hydrogen) atoms. The minimum atomic E-state index is 0.160. The van der Waals surface area contributed by atoms with Crippen LogP contribution in [0.1, 0.15) is 31.7 Å². The Labute approximate surface area is 123 Å². The first-order valence-electron chi connectivity index (χ1n) is 7.73. The van der Waals surface area contributed by atoms with E-state index in [2.05, 4.69) is 40.9 Å². The molecule has 0 spiro atoms. The van der Waals surface area contributed by atoms with E-state index in [1.807, 2.05) is 12.4 Å². The molecule has 0 amide bonds. The quantitative estimate of drug-likeness (QED) is 0.859. The highest BCUT2D eigenvalue weighted by Crippen LogP contribution is 2.28. The second kappa shape index (κ2) is 7.16. The number of nitrogens with two attached hydrogens (primary N) is 1. The topological polar surface area (TPSA) is 45.4 Å².